The van der Waals surface area contributed by atoms with E-state index in [0.29, 0.717) is 13.0 Å². The first-order valence-electron chi connectivity index (χ1n) is 9.16. The second-order valence-corrected chi connectivity index (χ2v) is 8.31. The summed E-state index contributed by atoms with van der Waals surface area (Å²) in [6.07, 6.45) is 1.84. The van der Waals surface area contributed by atoms with Gasteiger partial charge in [-0.2, -0.15) is 5.12 Å². The number of carbonyl (C=O) groups excluding carboxylic acids is 3. The van der Waals surface area contributed by atoms with Crippen LogP contribution in [0.25, 0.3) is 0 Å². The van der Waals surface area contributed by atoms with Gasteiger partial charge in [0.05, 0.1) is 17.4 Å². The number of hydrogen-bond acceptors (Lipinski definition) is 8. The predicted octanol–water partition coefficient (Wildman–Crippen LogP) is 0.0426. The van der Waals surface area contributed by atoms with Crippen LogP contribution in [0.5, 0.6) is 0 Å². The fourth-order valence-electron chi connectivity index (χ4n) is 3.41. The number of alkyl carbamates (subject to hydrolysis) is 1. The van der Waals surface area contributed by atoms with Gasteiger partial charge in [-0.05, 0) is 38.9 Å². The lowest BCUT2D eigenvalue weighted by Gasteiger charge is -2.31. The molecule has 3 aliphatic heterocycles. The third kappa shape index (κ3) is 4.67. The highest BCUT2D eigenvalue weighted by atomic mass is 32.2. The minimum atomic E-state index is -0.742. The van der Waals surface area contributed by atoms with E-state index in [0.717, 1.165) is 31.7 Å². The number of hydrogen-bond donors (Lipinski definition) is 3. The molecule has 0 aromatic rings. The Kier molecular flexibility index (Phi) is 6.38. The van der Waals surface area contributed by atoms with Crippen molar-refractivity contribution in [3.63, 3.8) is 0 Å². The molecule has 0 aromatic heterocycles. The average Bonchev–Trinajstić information content (AvgIpc) is 3.20. The molecule has 0 saturated carbocycles. The Morgan fingerprint density at radius 3 is 2.69 bits per heavy atom. The summed E-state index contributed by atoms with van der Waals surface area (Å²) in [7, 11) is 0. The third-order valence-electron chi connectivity index (χ3n) is 4.67. The molecular weight excluding hydrogens is 358 g/mol. The van der Waals surface area contributed by atoms with E-state index in [1.165, 1.54) is 11.8 Å². The normalized spacial score (nSPS) is 29.4. The van der Waals surface area contributed by atoms with Crippen LogP contribution in [0.4, 0.5) is 4.79 Å². The molecule has 3 atom stereocenters. The number of fused-ring (bicyclic) bond motifs is 1. The van der Waals surface area contributed by atoms with Crippen LogP contribution in [0.15, 0.2) is 0 Å². The molecule has 9 nitrogen and oxygen atoms in total. The molecule has 26 heavy (non-hydrogen) atoms. The van der Waals surface area contributed by atoms with Crippen molar-refractivity contribution in [3.8, 4) is 0 Å². The molecule has 0 spiro atoms. The first kappa shape index (κ1) is 19.4. The Balaban J connectivity index is 1.51. The Bertz CT molecular complexity index is 547. The Morgan fingerprint density at radius 1 is 1.19 bits per heavy atom. The van der Waals surface area contributed by atoms with Gasteiger partial charge in [-0.3, -0.25) is 14.9 Å². The van der Waals surface area contributed by atoms with E-state index in [9.17, 15) is 14.4 Å². The number of nitrogens with zero attached hydrogens (tertiary/aromatic N) is 2. The molecule has 3 amide bonds. The molecule has 3 aliphatic rings. The quantitative estimate of drug-likeness (QED) is 0.624. The zero-order chi connectivity index (χ0) is 18.7. The van der Waals surface area contributed by atoms with Gasteiger partial charge in [-0.25, -0.2) is 15.2 Å². The smallest absolute Gasteiger partial charge is 0.414 e. The molecule has 10 heteroatoms. The topological polar surface area (TPSA) is 103 Å². The Hall–Kier alpha value is -1.36. The van der Waals surface area contributed by atoms with Crippen LogP contribution < -0.4 is 16.1 Å². The van der Waals surface area contributed by atoms with E-state index in [1.54, 1.807) is 13.8 Å². The van der Waals surface area contributed by atoms with Crippen molar-refractivity contribution in [1.29, 1.82) is 0 Å². The van der Waals surface area contributed by atoms with Crippen LogP contribution in [0.2, 0.25) is 0 Å². The van der Waals surface area contributed by atoms with Gasteiger partial charge in [0.1, 0.15) is 6.04 Å². The molecule has 3 N–H and O–H groups in total. The van der Waals surface area contributed by atoms with E-state index in [1.807, 2.05) is 5.12 Å². The van der Waals surface area contributed by atoms with E-state index < -0.39 is 17.9 Å². The van der Waals surface area contributed by atoms with Gasteiger partial charge >= 0.3 is 6.09 Å². The Labute approximate surface area is 157 Å². The molecule has 0 aromatic carbocycles. The molecule has 3 saturated heterocycles. The van der Waals surface area contributed by atoms with Crippen molar-refractivity contribution < 1.29 is 19.1 Å². The number of amides is 3. The van der Waals surface area contributed by atoms with E-state index in [4.69, 9.17) is 4.74 Å². The van der Waals surface area contributed by atoms with Crippen LogP contribution in [0.3, 0.4) is 0 Å². The predicted molar refractivity (Wildman–Crippen MR) is 96.7 cm³/mol. The number of hydrazine groups is 2. The summed E-state index contributed by atoms with van der Waals surface area (Å²) in [5, 5.41) is 9.08. The standard InChI is InChI=1S/C16H27N5O4S/c1-10(2)25-16(24)18-13(22)11-5-8-26-15(11)17-14(23)12-9-20-6-3-4-7-21(20)19-12/h10-12,15,19H,3-9H2,1-2H3,(H,17,23)(H,18,22,24). The molecule has 3 rings (SSSR count). The van der Waals surface area contributed by atoms with Gasteiger partial charge in [0.25, 0.3) is 0 Å². The molecule has 146 valence electrons. The second kappa shape index (κ2) is 8.55. The van der Waals surface area contributed by atoms with Gasteiger partial charge in [-0.15, -0.1) is 11.8 Å². The molecule has 0 aliphatic carbocycles. The summed E-state index contributed by atoms with van der Waals surface area (Å²) >= 11 is 1.53. The van der Waals surface area contributed by atoms with Gasteiger partial charge in [-0.1, -0.05) is 0 Å². The summed E-state index contributed by atoms with van der Waals surface area (Å²) in [5.41, 5.74) is 3.23. The fourth-order valence-corrected chi connectivity index (χ4v) is 4.74. The fraction of sp³-hybridized carbons (Fsp3) is 0.812. The highest BCUT2D eigenvalue weighted by molar-refractivity contribution is 8.00. The lowest BCUT2D eigenvalue weighted by molar-refractivity contribution is -0.126. The van der Waals surface area contributed by atoms with Crippen molar-refractivity contribution in [2.24, 2.45) is 5.92 Å². The molecule has 3 unspecified atom stereocenters. The maximum Gasteiger partial charge on any atom is 0.414 e. The summed E-state index contributed by atoms with van der Waals surface area (Å²) < 4.78 is 4.95. The summed E-state index contributed by atoms with van der Waals surface area (Å²) in [6, 6.07) is -0.316. The maximum atomic E-state index is 12.6. The summed E-state index contributed by atoms with van der Waals surface area (Å²) in [5.74, 6) is -0.181. The maximum absolute atomic E-state index is 12.6. The minimum Gasteiger partial charge on any atom is -0.447 e. The minimum absolute atomic E-state index is 0.110. The largest absolute Gasteiger partial charge is 0.447 e. The van der Waals surface area contributed by atoms with E-state index in [-0.39, 0.29) is 23.4 Å². The summed E-state index contributed by atoms with van der Waals surface area (Å²) in [4.78, 5) is 36.6. The van der Waals surface area contributed by atoms with Crippen molar-refractivity contribution in [2.75, 3.05) is 25.4 Å². The monoisotopic (exact) mass is 385 g/mol. The molecule has 0 radical (unpaired) electrons. The van der Waals surface area contributed by atoms with Crippen LogP contribution in [-0.2, 0) is 14.3 Å². The molecular formula is C16H27N5O4S. The lowest BCUT2D eigenvalue weighted by Crippen LogP contribution is -2.51. The molecule has 3 heterocycles. The number of imide groups is 1. The van der Waals surface area contributed by atoms with Crippen molar-refractivity contribution in [3.05, 3.63) is 0 Å². The molecule has 3 fully saturated rings. The SMILES string of the molecule is CC(C)OC(=O)NC(=O)C1CCSC1NC(=O)C1CN2CCCCN2N1. The van der Waals surface area contributed by atoms with Gasteiger partial charge in [0.15, 0.2) is 0 Å². The lowest BCUT2D eigenvalue weighted by atomic mass is 10.1. The number of rotatable bonds is 4. The zero-order valence-corrected chi connectivity index (χ0v) is 16.0. The highest BCUT2D eigenvalue weighted by Gasteiger charge is 2.40. The van der Waals surface area contributed by atoms with Crippen molar-refractivity contribution in [1.82, 2.24) is 26.2 Å². The van der Waals surface area contributed by atoms with Crippen molar-refractivity contribution in [2.45, 2.75) is 50.6 Å². The van der Waals surface area contributed by atoms with Gasteiger partial charge in [0, 0.05) is 19.6 Å². The first-order chi connectivity index (χ1) is 12.4. The van der Waals surface area contributed by atoms with Gasteiger partial charge < -0.3 is 10.1 Å². The first-order valence-corrected chi connectivity index (χ1v) is 10.2. The second-order valence-electron chi connectivity index (χ2n) is 7.06. The third-order valence-corrected chi connectivity index (χ3v) is 5.95. The number of ether oxygens (including phenoxy) is 1. The summed E-state index contributed by atoms with van der Waals surface area (Å²) in [6.45, 7) is 5.94. The van der Waals surface area contributed by atoms with Crippen LogP contribution in [0, 0.1) is 5.92 Å². The van der Waals surface area contributed by atoms with E-state index >= 15 is 0 Å². The molecule has 0 bridgehead atoms. The number of thioether (sulfide) groups is 1. The zero-order valence-electron chi connectivity index (χ0n) is 15.2. The number of nitrogens with one attached hydrogen (secondary N) is 3. The van der Waals surface area contributed by atoms with Gasteiger partial charge in [0.2, 0.25) is 11.8 Å². The van der Waals surface area contributed by atoms with Crippen molar-refractivity contribution >= 4 is 29.7 Å². The van der Waals surface area contributed by atoms with E-state index in [2.05, 4.69) is 21.1 Å². The van der Waals surface area contributed by atoms with Crippen LogP contribution in [-0.4, -0.2) is 70.9 Å². The van der Waals surface area contributed by atoms with Crippen LogP contribution in [0.1, 0.15) is 33.1 Å². The number of carbonyl (C=O) groups is 3. The highest BCUT2D eigenvalue weighted by Crippen LogP contribution is 2.31. The van der Waals surface area contributed by atoms with Crippen LogP contribution >= 0.6 is 11.8 Å². The Morgan fingerprint density at radius 2 is 1.96 bits per heavy atom. The average molecular weight is 385 g/mol.